The van der Waals surface area contributed by atoms with Gasteiger partial charge in [0.1, 0.15) is 35.6 Å². The quantitative estimate of drug-likeness (QED) is 0.651. The van der Waals surface area contributed by atoms with Crippen molar-refractivity contribution in [3.8, 4) is 5.75 Å². The number of aromatic nitrogens is 3. The first-order valence-corrected chi connectivity index (χ1v) is 9.52. The molecule has 0 saturated heterocycles. The van der Waals surface area contributed by atoms with Crippen LogP contribution in [0.3, 0.4) is 0 Å². The number of likely N-dealkylation sites (N-methyl/N-ethyl adjacent to an activating group) is 1. The number of hydrogen-bond acceptors (Lipinski definition) is 7. The van der Waals surface area contributed by atoms with E-state index in [1.807, 2.05) is 6.07 Å². The van der Waals surface area contributed by atoms with Crippen LogP contribution in [0.5, 0.6) is 5.75 Å². The highest BCUT2D eigenvalue weighted by Crippen LogP contribution is 2.36. The van der Waals surface area contributed by atoms with E-state index in [0.717, 1.165) is 26.7 Å². The molecule has 142 valence electrons. The molecule has 5 rings (SSSR count). The van der Waals surface area contributed by atoms with E-state index in [-0.39, 0.29) is 11.9 Å². The molecule has 0 unspecified atom stereocenters. The van der Waals surface area contributed by atoms with Gasteiger partial charge >= 0.3 is 0 Å². The molecule has 2 N–H and O–H groups in total. The molecule has 1 amide bonds. The maximum Gasteiger partial charge on any atom is 0.272 e. The van der Waals surface area contributed by atoms with Gasteiger partial charge in [-0.25, -0.2) is 9.97 Å². The molecule has 3 aromatic heterocycles. The van der Waals surface area contributed by atoms with Gasteiger partial charge in [-0.2, -0.15) is 0 Å². The lowest BCUT2D eigenvalue weighted by molar-refractivity contribution is 0.0700. The van der Waals surface area contributed by atoms with Crippen LogP contribution in [-0.2, 0) is 18.0 Å². The number of ether oxygens (including phenoxy) is 2. The minimum absolute atomic E-state index is 0.211. The molecule has 9 heteroatoms. The van der Waals surface area contributed by atoms with E-state index in [9.17, 15) is 4.79 Å². The third kappa shape index (κ3) is 2.61. The molecule has 0 bridgehead atoms. The van der Waals surface area contributed by atoms with Crippen molar-refractivity contribution in [2.45, 2.75) is 19.3 Å². The third-order valence-corrected chi connectivity index (χ3v) is 5.62. The van der Waals surface area contributed by atoms with Gasteiger partial charge in [-0.3, -0.25) is 9.78 Å². The Morgan fingerprint density at radius 1 is 1.25 bits per heavy atom. The van der Waals surface area contributed by atoms with Crippen molar-refractivity contribution in [3.63, 3.8) is 0 Å². The van der Waals surface area contributed by atoms with Gasteiger partial charge in [-0.15, -0.1) is 0 Å². The molecular formula is C19H16BrN5O3. The molecule has 2 aliphatic rings. The maximum atomic E-state index is 13.1. The second-order valence-corrected chi connectivity index (χ2v) is 7.73. The van der Waals surface area contributed by atoms with Crippen LogP contribution in [0.4, 0.5) is 5.82 Å². The molecule has 0 fully saturated rings. The maximum absolute atomic E-state index is 13.1. The highest BCUT2D eigenvalue weighted by molar-refractivity contribution is 9.10. The molecule has 0 saturated carbocycles. The van der Waals surface area contributed by atoms with E-state index < -0.39 is 0 Å². The number of fused-ring (bicyclic) bond motifs is 4. The number of carbonyl (C=O) groups is 1. The molecule has 0 spiro atoms. The van der Waals surface area contributed by atoms with Crippen LogP contribution in [0.1, 0.15) is 33.4 Å². The lowest BCUT2D eigenvalue weighted by Gasteiger charge is -2.22. The summed E-state index contributed by atoms with van der Waals surface area (Å²) in [5, 5.41) is 0.846. The Labute approximate surface area is 168 Å². The zero-order valence-corrected chi connectivity index (χ0v) is 16.6. The topological polar surface area (TPSA) is 103 Å². The fraction of sp³-hybridized carbons (Fsp3) is 0.263. The van der Waals surface area contributed by atoms with E-state index >= 15 is 0 Å². The predicted octanol–water partition coefficient (Wildman–Crippen LogP) is 2.61. The second kappa shape index (κ2) is 6.39. The Kier molecular flexibility index (Phi) is 3.95. The highest BCUT2D eigenvalue weighted by atomic mass is 79.9. The predicted molar refractivity (Wildman–Crippen MR) is 105 cm³/mol. The summed E-state index contributed by atoms with van der Waals surface area (Å²) in [6.45, 7) is 1.25. The summed E-state index contributed by atoms with van der Waals surface area (Å²) < 4.78 is 12.0. The normalized spacial score (nSPS) is 17.3. The largest absolute Gasteiger partial charge is 0.489 e. The molecule has 1 atom stereocenters. The van der Waals surface area contributed by atoms with E-state index in [0.29, 0.717) is 42.6 Å². The van der Waals surface area contributed by atoms with Crippen molar-refractivity contribution in [1.29, 1.82) is 0 Å². The minimum atomic E-state index is -0.272. The minimum Gasteiger partial charge on any atom is -0.489 e. The van der Waals surface area contributed by atoms with E-state index in [1.54, 1.807) is 30.4 Å². The molecule has 8 nitrogen and oxygen atoms in total. The van der Waals surface area contributed by atoms with Crippen LogP contribution >= 0.6 is 15.9 Å². The highest BCUT2D eigenvalue weighted by Gasteiger charge is 2.33. The Morgan fingerprint density at radius 3 is 2.93 bits per heavy atom. The SMILES string of the molecule is CN(C(=O)c1cc2c3c(c(N)nc2cn1)COC3)[C@@H]1COc2cc(Br)cnc21. The number of rotatable bonds is 2. The van der Waals surface area contributed by atoms with Gasteiger partial charge in [0, 0.05) is 28.7 Å². The number of pyridine rings is 3. The lowest BCUT2D eigenvalue weighted by atomic mass is 10.1. The summed E-state index contributed by atoms with van der Waals surface area (Å²) in [5.41, 5.74) is 9.59. The number of halogens is 1. The summed E-state index contributed by atoms with van der Waals surface area (Å²) in [4.78, 5) is 27.8. The van der Waals surface area contributed by atoms with Crippen LogP contribution in [0.2, 0.25) is 0 Å². The number of anilines is 1. The van der Waals surface area contributed by atoms with Gasteiger partial charge in [0.25, 0.3) is 5.91 Å². The van der Waals surface area contributed by atoms with Gasteiger partial charge in [0.2, 0.25) is 0 Å². The van der Waals surface area contributed by atoms with Gasteiger partial charge in [-0.05, 0) is 33.6 Å². The number of nitrogens with zero attached hydrogens (tertiary/aromatic N) is 4. The van der Waals surface area contributed by atoms with Crippen LogP contribution in [-0.4, -0.2) is 39.4 Å². The van der Waals surface area contributed by atoms with Gasteiger partial charge in [0.15, 0.2) is 0 Å². The van der Waals surface area contributed by atoms with Crippen molar-refractivity contribution in [2.75, 3.05) is 19.4 Å². The Morgan fingerprint density at radius 2 is 2.07 bits per heavy atom. The first kappa shape index (κ1) is 17.3. The van der Waals surface area contributed by atoms with Crippen LogP contribution in [0, 0.1) is 0 Å². The standard InChI is InChI=1S/C19H16BrN5O3/c1-25(15-8-28-16-2-9(20)4-23-17(15)16)19(26)13-3-10-11-6-27-7-12(11)18(21)24-14(10)5-22-13/h2-5,15H,6-8H2,1H3,(H2,21,24)/t15-/m1/s1. The van der Waals surface area contributed by atoms with Gasteiger partial charge in [-0.1, -0.05) is 0 Å². The molecule has 5 heterocycles. The number of nitrogen functional groups attached to an aromatic ring is 1. The van der Waals surface area contributed by atoms with Crippen LogP contribution < -0.4 is 10.5 Å². The summed E-state index contributed by atoms with van der Waals surface area (Å²) in [6, 6.07) is 3.35. The fourth-order valence-corrected chi connectivity index (χ4v) is 3.96. The molecule has 0 radical (unpaired) electrons. The van der Waals surface area contributed by atoms with E-state index in [1.165, 1.54) is 0 Å². The van der Waals surface area contributed by atoms with Crippen molar-refractivity contribution >= 4 is 38.6 Å². The zero-order chi connectivity index (χ0) is 19.4. The average Bonchev–Trinajstić information content (AvgIpc) is 3.34. The number of carbonyl (C=O) groups excluding carboxylic acids is 1. The van der Waals surface area contributed by atoms with Crippen molar-refractivity contribution in [2.24, 2.45) is 0 Å². The fourth-order valence-electron chi connectivity index (χ4n) is 3.65. The number of nitrogens with two attached hydrogens (primary N) is 1. The second-order valence-electron chi connectivity index (χ2n) is 6.81. The summed E-state index contributed by atoms with van der Waals surface area (Å²) >= 11 is 3.38. The smallest absolute Gasteiger partial charge is 0.272 e. The van der Waals surface area contributed by atoms with Crippen molar-refractivity contribution in [3.05, 3.63) is 51.5 Å². The molecule has 3 aromatic rings. The number of amides is 1. The van der Waals surface area contributed by atoms with Crippen LogP contribution in [0.15, 0.2) is 29.0 Å². The molecular weight excluding hydrogens is 426 g/mol. The summed E-state index contributed by atoms with van der Waals surface area (Å²) in [5.74, 6) is 0.924. The Bertz CT molecular complexity index is 1140. The van der Waals surface area contributed by atoms with Crippen LogP contribution in [0.25, 0.3) is 10.9 Å². The molecule has 28 heavy (non-hydrogen) atoms. The first-order valence-electron chi connectivity index (χ1n) is 8.73. The average molecular weight is 442 g/mol. The molecule has 0 aromatic carbocycles. The molecule has 0 aliphatic carbocycles. The Hall–Kier alpha value is -2.78. The summed E-state index contributed by atoms with van der Waals surface area (Å²) in [6.07, 6.45) is 3.28. The summed E-state index contributed by atoms with van der Waals surface area (Å²) in [7, 11) is 1.73. The van der Waals surface area contributed by atoms with E-state index in [4.69, 9.17) is 15.2 Å². The van der Waals surface area contributed by atoms with Crippen molar-refractivity contribution < 1.29 is 14.3 Å². The van der Waals surface area contributed by atoms with Gasteiger partial charge in [0.05, 0.1) is 24.9 Å². The van der Waals surface area contributed by atoms with Gasteiger partial charge < -0.3 is 20.1 Å². The monoisotopic (exact) mass is 441 g/mol. The third-order valence-electron chi connectivity index (χ3n) is 5.18. The zero-order valence-electron chi connectivity index (χ0n) is 15.0. The van der Waals surface area contributed by atoms with Crippen molar-refractivity contribution in [1.82, 2.24) is 19.9 Å². The number of hydrogen-bond donors (Lipinski definition) is 1. The van der Waals surface area contributed by atoms with E-state index in [2.05, 4.69) is 30.9 Å². The Balaban J connectivity index is 1.51. The molecule has 2 aliphatic heterocycles. The lowest BCUT2D eigenvalue weighted by Crippen LogP contribution is -2.33. The first-order chi connectivity index (χ1) is 13.5.